The molecule has 0 unspecified atom stereocenters. The van der Waals surface area contributed by atoms with Crippen molar-refractivity contribution in [3.8, 4) is 5.75 Å². The molecule has 0 radical (unpaired) electrons. The first-order chi connectivity index (χ1) is 14.3. The highest BCUT2D eigenvalue weighted by Crippen LogP contribution is 2.24. The Morgan fingerprint density at radius 2 is 1.63 bits per heavy atom. The van der Waals surface area contributed by atoms with Gasteiger partial charge in [-0.1, -0.05) is 6.07 Å². The summed E-state index contributed by atoms with van der Waals surface area (Å²) in [6, 6.07) is 16.0. The minimum atomic E-state index is -3.66. The van der Waals surface area contributed by atoms with Crippen molar-refractivity contribution >= 4 is 27.5 Å². The molecule has 6 nitrogen and oxygen atoms in total. The van der Waals surface area contributed by atoms with Gasteiger partial charge in [0.05, 0.1) is 15.9 Å². The average molecular weight is 423 g/mol. The Balaban J connectivity index is 1.68. The molecule has 7 heteroatoms. The van der Waals surface area contributed by atoms with Crippen LogP contribution in [0.3, 0.4) is 0 Å². The van der Waals surface area contributed by atoms with Gasteiger partial charge in [-0.2, -0.15) is 0 Å². The number of carbonyl (C=O) groups excluding carboxylic acids is 1. The lowest BCUT2D eigenvalue weighted by molar-refractivity contribution is -0.111. The van der Waals surface area contributed by atoms with E-state index in [1.165, 1.54) is 30.3 Å². The molecule has 1 N–H and O–H groups in total. The Kier molecular flexibility index (Phi) is 6.64. The van der Waals surface area contributed by atoms with Crippen LogP contribution < -0.4 is 10.1 Å². The van der Waals surface area contributed by atoms with Crippen molar-refractivity contribution in [2.45, 2.75) is 29.7 Å². The number of ether oxygens (including phenoxy) is 1. The van der Waals surface area contributed by atoms with Crippen molar-refractivity contribution in [3.05, 3.63) is 84.7 Å². The Morgan fingerprint density at radius 3 is 2.20 bits per heavy atom. The van der Waals surface area contributed by atoms with E-state index in [1.54, 1.807) is 48.8 Å². The van der Waals surface area contributed by atoms with Gasteiger partial charge in [0.1, 0.15) is 5.75 Å². The van der Waals surface area contributed by atoms with Crippen molar-refractivity contribution in [1.29, 1.82) is 0 Å². The van der Waals surface area contributed by atoms with E-state index in [0.29, 0.717) is 11.4 Å². The van der Waals surface area contributed by atoms with Crippen LogP contribution in [0.2, 0.25) is 0 Å². The third-order valence-electron chi connectivity index (χ3n) is 4.05. The summed E-state index contributed by atoms with van der Waals surface area (Å²) in [6.45, 7) is 3.80. The van der Waals surface area contributed by atoms with Gasteiger partial charge in [-0.05, 0) is 80.1 Å². The fourth-order valence-electron chi connectivity index (χ4n) is 2.65. The summed E-state index contributed by atoms with van der Waals surface area (Å²) in [5, 5.41) is 2.70. The Morgan fingerprint density at radius 1 is 1.00 bits per heavy atom. The molecular weight excluding hydrogens is 400 g/mol. The monoisotopic (exact) mass is 422 g/mol. The lowest BCUT2D eigenvalue weighted by atomic mass is 10.2. The first-order valence-corrected chi connectivity index (χ1v) is 10.8. The number of sulfone groups is 1. The van der Waals surface area contributed by atoms with E-state index >= 15 is 0 Å². The summed E-state index contributed by atoms with van der Waals surface area (Å²) in [4.78, 5) is 16.3. The van der Waals surface area contributed by atoms with Crippen LogP contribution in [0, 0.1) is 0 Å². The van der Waals surface area contributed by atoms with Gasteiger partial charge < -0.3 is 10.1 Å². The molecule has 0 saturated heterocycles. The third-order valence-corrected chi connectivity index (χ3v) is 5.84. The highest BCUT2D eigenvalue weighted by molar-refractivity contribution is 7.91. The van der Waals surface area contributed by atoms with E-state index in [-0.39, 0.29) is 21.8 Å². The standard InChI is InChI=1S/C23H22N2O4S/c1-17(2)29-20-8-12-22(13-9-20)30(27,28)21-10-6-19(7-11-21)25-23(26)14-5-18-4-3-15-24-16-18/h3-17H,1-2H3,(H,25,26). The summed E-state index contributed by atoms with van der Waals surface area (Å²) in [5.74, 6) is 0.288. The molecule has 30 heavy (non-hydrogen) atoms. The van der Waals surface area contributed by atoms with Gasteiger partial charge in [-0.15, -0.1) is 0 Å². The number of nitrogens with zero attached hydrogens (tertiary/aromatic N) is 1. The number of hydrogen-bond acceptors (Lipinski definition) is 5. The first kappa shape index (κ1) is 21.3. The molecule has 2 aromatic carbocycles. The lowest BCUT2D eigenvalue weighted by Gasteiger charge is -2.11. The summed E-state index contributed by atoms with van der Waals surface area (Å²) in [5.41, 5.74) is 1.30. The molecule has 0 saturated carbocycles. The molecule has 0 bridgehead atoms. The molecule has 0 aliphatic carbocycles. The number of anilines is 1. The Bertz CT molecular complexity index is 1120. The van der Waals surface area contributed by atoms with Crippen LogP contribution >= 0.6 is 0 Å². The summed E-state index contributed by atoms with van der Waals surface area (Å²) < 4.78 is 31.2. The number of pyridine rings is 1. The zero-order chi connectivity index (χ0) is 21.6. The SMILES string of the molecule is CC(C)Oc1ccc(S(=O)(=O)c2ccc(NC(=O)C=Cc3cccnc3)cc2)cc1. The minimum Gasteiger partial charge on any atom is -0.491 e. The highest BCUT2D eigenvalue weighted by atomic mass is 32.2. The number of carbonyl (C=O) groups is 1. The minimum absolute atomic E-state index is 0.00872. The fourth-order valence-corrected chi connectivity index (χ4v) is 3.91. The predicted molar refractivity (Wildman–Crippen MR) is 116 cm³/mol. The molecule has 0 atom stereocenters. The van der Waals surface area contributed by atoms with Gasteiger partial charge in [-0.25, -0.2) is 8.42 Å². The number of amides is 1. The van der Waals surface area contributed by atoms with Gasteiger partial charge in [0, 0.05) is 24.2 Å². The van der Waals surface area contributed by atoms with Crippen molar-refractivity contribution in [2.75, 3.05) is 5.32 Å². The third kappa shape index (κ3) is 5.55. The number of aromatic nitrogens is 1. The number of rotatable bonds is 7. The molecule has 1 aromatic heterocycles. The number of benzene rings is 2. The van der Waals surface area contributed by atoms with Gasteiger partial charge in [0.15, 0.2) is 0 Å². The lowest BCUT2D eigenvalue weighted by Crippen LogP contribution is -2.08. The molecule has 3 rings (SSSR count). The maximum atomic E-state index is 12.8. The first-order valence-electron chi connectivity index (χ1n) is 9.35. The normalized spacial score (nSPS) is 11.6. The summed E-state index contributed by atoms with van der Waals surface area (Å²) in [7, 11) is -3.66. The zero-order valence-electron chi connectivity index (χ0n) is 16.6. The molecule has 3 aromatic rings. The largest absolute Gasteiger partial charge is 0.491 e. The quantitative estimate of drug-likeness (QED) is 0.572. The van der Waals surface area contributed by atoms with Crippen LogP contribution in [0.1, 0.15) is 19.4 Å². The second-order valence-electron chi connectivity index (χ2n) is 6.77. The molecule has 0 aliphatic heterocycles. The second-order valence-corrected chi connectivity index (χ2v) is 8.72. The Hall–Kier alpha value is -3.45. The van der Waals surface area contributed by atoms with Crippen LogP contribution in [-0.4, -0.2) is 25.4 Å². The second kappa shape index (κ2) is 9.37. The van der Waals surface area contributed by atoms with Crippen LogP contribution in [0.25, 0.3) is 6.08 Å². The van der Waals surface area contributed by atoms with E-state index in [9.17, 15) is 13.2 Å². The molecule has 154 valence electrons. The van der Waals surface area contributed by atoms with Crippen LogP contribution in [0.15, 0.2) is 88.9 Å². The van der Waals surface area contributed by atoms with Crippen LogP contribution in [0.5, 0.6) is 5.75 Å². The van der Waals surface area contributed by atoms with E-state index in [4.69, 9.17) is 4.74 Å². The van der Waals surface area contributed by atoms with Gasteiger partial charge in [0.25, 0.3) is 0 Å². The topological polar surface area (TPSA) is 85.4 Å². The van der Waals surface area contributed by atoms with E-state index in [2.05, 4.69) is 10.3 Å². The van der Waals surface area contributed by atoms with Crippen molar-refractivity contribution in [3.63, 3.8) is 0 Å². The molecular formula is C23H22N2O4S. The molecule has 0 fully saturated rings. The van der Waals surface area contributed by atoms with E-state index < -0.39 is 9.84 Å². The summed E-state index contributed by atoms with van der Waals surface area (Å²) >= 11 is 0. The van der Waals surface area contributed by atoms with Crippen molar-refractivity contribution in [1.82, 2.24) is 4.98 Å². The van der Waals surface area contributed by atoms with Crippen LogP contribution in [0.4, 0.5) is 5.69 Å². The number of hydrogen-bond donors (Lipinski definition) is 1. The molecule has 1 heterocycles. The maximum absolute atomic E-state index is 12.8. The zero-order valence-corrected chi connectivity index (χ0v) is 17.5. The summed E-state index contributed by atoms with van der Waals surface area (Å²) in [6.07, 6.45) is 6.34. The van der Waals surface area contributed by atoms with Crippen LogP contribution in [-0.2, 0) is 14.6 Å². The maximum Gasteiger partial charge on any atom is 0.248 e. The Labute approximate surface area is 176 Å². The van der Waals surface area contributed by atoms with Gasteiger partial charge in [0.2, 0.25) is 15.7 Å². The van der Waals surface area contributed by atoms with Gasteiger partial charge >= 0.3 is 0 Å². The molecule has 1 amide bonds. The van der Waals surface area contributed by atoms with E-state index in [1.807, 2.05) is 19.9 Å². The smallest absolute Gasteiger partial charge is 0.248 e. The van der Waals surface area contributed by atoms with Crippen molar-refractivity contribution < 1.29 is 17.9 Å². The van der Waals surface area contributed by atoms with Gasteiger partial charge in [-0.3, -0.25) is 9.78 Å². The highest BCUT2D eigenvalue weighted by Gasteiger charge is 2.17. The van der Waals surface area contributed by atoms with E-state index in [0.717, 1.165) is 5.56 Å². The van der Waals surface area contributed by atoms with Crippen molar-refractivity contribution in [2.24, 2.45) is 0 Å². The molecule has 0 spiro atoms. The average Bonchev–Trinajstić information content (AvgIpc) is 2.73. The predicted octanol–water partition coefficient (Wildman–Crippen LogP) is 4.35. The number of nitrogens with one attached hydrogen (secondary N) is 1. The molecule has 0 aliphatic rings. The fraction of sp³-hybridized carbons (Fsp3) is 0.130.